The summed E-state index contributed by atoms with van der Waals surface area (Å²) in [4.78, 5) is 0. The highest BCUT2D eigenvalue weighted by molar-refractivity contribution is 7.99. The van der Waals surface area contributed by atoms with Crippen LogP contribution in [-0.4, -0.2) is 51.3 Å². The van der Waals surface area contributed by atoms with Crippen LogP contribution in [0.25, 0.3) is 0 Å². The Morgan fingerprint density at radius 2 is 1.53 bits per heavy atom. The molecule has 1 aliphatic heterocycles. The fraction of sp³-hybridized carbons (Fsp3) is 1.00. The highest BCUT2D eigenvalue weighted by Gasteiger charge is 2.39. The average Bonchev–Trinajstić information content (AvgIpc) is 2.64. The monoisotopic (exact) mass is 291 g/mol. The maximum absolute atomic E-state index is 9.67. The van der Waals surface area contributed by atoms with E-state index in [1.54, 1.807) is 11.8 Å². The molecular weight excluding hydrogens is 262 g/mol. The summed E-state index contributed by atoms with van der Waals surface area (Å²) < 4.78 is 0. The first kappa shape index (κ1) is 17.2. The van der Waals surface area contributed by atoms with Crippen molar-refractivity contribution >= 4 is 11.8 Å². The summed E-state index contributed by atoms with van der Waals surface area (Å²) in [5, 5.41) is 31.2. The molecule has 0 aromatic carbocycles. The lowest BCUT2D eigenvalue weighted by molar-refractivity contribution is -0.0232. The molecule has 4 atom stereocenters. The minimum atomic E-state index is -1.05. The predicted octanol–water partition coefficient (Wildman–Crippen LogP) is 1.48. The molecular formula is C14H29NO3S. The van der Waals surface area contributed by atoms with Crippen LogP contribution in [0.3, 0.4) is 0 Å². The summed E-state index contributed by atoms with van der Waals surface area (Å²) in [5.41, 5.74) is 0. The van der Waals surface area contributed by atoms with Gasteiger partial charge in [-0.1, -0.05) is 45.4 Å². The maximum Gasteiger partial charge on any atom is 0.134 e. The van der Waals surface area contributed by atoms with Gasteiger partial charge in [-0.25, -0.2) is 0 Å². The van der Waals surface area contributed by atoms with E-state index in [-0.39, 0.29) is 6.04 Å². The number of nitrogens with one attached hydrogen (secondary N) is 1. The Labute approximate surface area is 121 Å². The highest BCUT2D eigenvalue weighted by Crippen LogP contribution is 2.18. The van der Waals surface area contributed by atoms with Gasteiger partial charge in [0.25, 0.3) is 0 Å². The molecule has 0 radical (unpaired) electrons. The van der Waals surface area contributed by atoms with Gasteiger partial charge in [0.2, 0.25) is 0 Å². The molecule has 1 fully saturated rings. The molecule has 1 heterocycles. The third-order valence-electron chi connectivity index (χ3n) is 3.66. The lowest BCUT2D eigenvalue weighted by Crippen LogP contribution is -2.35. The summed E-state index contributed by atoms with van der Waals surface area (Å²) in [5.74, 6) is 1.83. The largest absolute Gasteiger partial charge is 0.389 e. The van der Waals surface area contributed by atoms with Crippen molar-refractivity contribution < 1.29 is 15.3 Å². The molecule has 5 heteroatoms. The van der Waals surface area contributed by atoms with Crippen LogP contribution in [0.4, 0.5) is 0 Å². The molecule has 1 rings (SSSR count). The first-order valence-electron chi connectivity index (χ1n) is 7.54. The Morgan fingerprint density at radius 1 is 0.895 bits per heavy atom. The van der Waals surface area contributed by atoms with E-state index in [1.165, 1.54) is 44.9 Å². The Hall–Kier alpha value is 0.190. The van der Waals surface area contributed by atoms with Crippen LogP contribution in [0.1, 0.15) is 51.9 Å². The van der Waals surface area contributed by atoms with Gasteiger partial charge in [0, 0.05) is 11.8 Å². The van der Waals surface area contributed by atoms with Crippen LogP contribution in [0.2, 0.25) is 0 Å². The van der Waals surface area contributed by atoms with Crippen molar-refractivity contribution in [2.75, 3.05) is 11.5 Å². The number of unbranched alkanes of at least 4 members (excludes halogenated alkanes) is 6. The van der Waals surface area contributed by atoms with Crippen LogP contribution < -0.4 is 5.32 Å². The van der Waals surface area contributed by atoms with Gasteiger partial charge in [0.15, 0.2) is 0 Å². The minimum Gasteiger partial charge on any atom is -0.389 e. The van der Waals surface area contributed by atoms with E-state index >= 15 is 0 Å². The summed E-state index contributed by atoms with van der Waals surface area (Å²) in [6, 6.07) is -0.195. The number of hydrogen-bond donors (Lipinski definition) is 4. The quantitative estimate of drug-likeness (QED) is 0.459. The molecule has 114 valence electrons. The van der Waals surface area contributed by atoms with Crippen molar-refractivity contribution in [3.8, 4) is 0 Å². The van der Waals surface area contributed by atoms with Crippen molar-refractivity contribution in [1.29, 1.82) is 0 Å². The molecule has 0 bridgehead atoms. The normalized spacial score (nSPS) is 30.9. The molecule has 4 nitrogen and oxygen atoms in total. The number of thioether (sulfide) groups is 1. The molecule has 0 amide bonds. The third-order valence-corrected chi connectivity index (χ3v) is 4.83. The third kappa shape index (κ3) is 6.45. The van der Waals surface area contributed by atoms with Crippen molar-refractivity contribution in [2.24, 2.45) is 0 Å². The molecule has 0 spiro atoms. The van der Waals surface area contributed by atoms with Crippen LogP contribution >= 0.6 is 11.8 Å². The van der Waals surface area contributed by atoms with Crippen LogP contribution in [-0.2, 0) is 0 Å². The molecule has 1 unspecified atom stereocenters. The maximum atomic E-state index is 9.67. The van der Waals surface area contributed by atoms with Crippen molar-refractivity contribution in [2.45, 2.75) is 76.3 Å². The molecule has 0 saturated carbocycles. The van der Waals surface area contributed by atoms with Gasteiger partial charge < -0.3 is 15.3 Å². The molecule has 4 N–H and O–H groups in total. The SMILES string of the molecule is CCCCCCCCCSC[C@H]1NC(O)[C@H](O)[C@@H]1O. The van der Waals surface area contributed by atoms with Gasteiger partial charge >= 0.3 is 0 Å². The summed E-state index contributed by atoms with van der Waals surface area (Å²) in [6.45, 7) is 2.23. The van der Waals surface area contributed by atoms with Gasteiger partial charge in [-0.2, -0.15) is 11.8 Å². The van der Waals surface area contributed by atoms with E-state index in [2.05, 4.69) is 12.2 Å². The minimum absolute atomic E-state index is 0.195. The van der Waals surface area contributed by atoms with Crippen LogP contribution in [0.5, 0.6) is 0 Å². The van der Waals surface area contributed by atoms with E-state index in [9.17, 15) is 15.3 Å². The second-order valence-electron chi connectivity index (χ2n) is 5.40. The van der Waals surface area contributed by atoms with E-state index in [0.717, 1.165) is 11.5 Å². The standard InChI is InChI=1S/C14H29NO3S/c1-2-3-4-5-6-7-8-9-19-10-11-12(16)13(17)14(18)15-11/h11-18H,2-10H2,1H3/t11-,12-,13-,14?/m1/s1. The smallest absolute Gasteiger partial charge is 0.134 e. The van der Waals surface area contributed by atoms with Gasteiger partial charge in [0.1, 0.15) is 12.3 Å². The van der Waals surface area contributed by atoms with Crippen molar-refractivity contribution in [3.63, 3.8) is 0 Å². The zero-order valence-electron chi connectivity index (χ0n) is 11.9. The molecule has 0 aromatic rings. The highest BCUT2D eigenvalue weighted by atomic mass is 32.2. The van der Waals surface area contributed by atoms with Gasteiger partial charge in [0.05, 0.1) is 6.10 Å². The second-order valence-corrected chi connectivity index (χ2v) is 6.55. The van der Waals surface area contributed by atoms with Crippen molar-refractivity contribution in [3.05, 3.63) is 0 Å². The molecule has 0 aliphatic carbocycles. The number of hydrogen-bond acceptors (Lipinski definition) is 5. The summed E-state index contributed by atoms with van der Waals surface area (Å²) >= 11 is 1.78. The number of aliphatic hydroxyl groups excluding tert-OH is 3. The first-order valence-corrected chi connectivity index (χ1v) is 8.70. The predicted molar refractivity (Wildman–Crippen MR) is 80.3 cm³/mol. The Balaban J connectivity index is 1.91. The summed E-state index contributed by atoms with van der Waals surface area (Å²) in [7, 11) is 0. The molecule has 0 aromatic heterocycles. The summed E-state index contributed by atoms with van der Waals surface area (Å²) in [6.07, 6.45) is 6.28. The fourth-order valence-corrected chi connectivity index (χ4v) is 3.48. The van der Waals surface area contributed by atoms with E-state index < -0.39 is 18.4 Å². The molecule has 1 saturated heterocycles. The fourth-order valence-electron chi connectivity index (χ4n) is 2.36. The topological polar surface area (TPSA) is 72.7 Å². The van der Waals surface area contributed by atoms with Gasteiger partial charge in [-0.15, -0.1) is 0 Å². The Bertz CT molecular complexity index is 231. The second kappa shape index (κ2) is 10.00. The van der Waals surface area contributed by atoms with Crippen LogP contribution in [0, 0.1) is 0 Å². The Kier molecular flexibility index (Phi) is 9.07. The number of rotatable bonds is 10. The van der Waals surface area contributed by atoms with Crippen LogP contribution in [0.15, 0.2) is 0 Å². The van der Waals surface area contributed by atoms with E-state index in [4.69, 9.17) is 0 Å². The molecule has 19 heavy (non-hydrogen) atoms. The average molecular weight is 291 g/mol. The van der Waals surface area contributed by atoms with E-state index in [0.29, 0.717) is 0 Å². The zero-order chi connectivity index (χ0) is 14.1. The zero-order valence-corrected chi connectivity index (χ0v) is 12.7. The van der Waals surface area contributed by atoms with E-state index in [1.807, 2.05) is 0 Å². The Morgan fingerprint density at radius 3 is 2.11 bits per heavy atom. The lowest BCUT2D eigenvalue weighted by atomic mass is 10.1. The van der Waals surface area contributed by atoms with Gasteiger partial charge in [-0.3, -0.25) is 5.32 Å². The lowest BCUT2D eigenvalue weighted by Gasteiger charge is -2.14. The van der Waals surface area contributed by atoms with Crippen molar-refractivity contribution in [1.82, 2.24) is 5.32 Å². The molecule has 1 aliphatic rings. The first-order chi connectivity index (χ1) is 9.16. The van der Waals surface area contributed by atoms with Gasteiger partial charge in [-0.05, 0) is 12.2 Å². The number of aliphatic hydroxyl groups is 3.